The van der Waals surface area contributed by atoms with Crippen molar-refractivity contribution in [3.63, 3.8) is 0 Å². The van der Waals surface area contributed by atoms with Gasteiger partial charge in [-0.3, -0.25) is 0 Å². The second-order valence-corrected chi connectivity index (χ2v) is 17.1. The normalized spacial score (nSPS) is 11.5. The smallest absolute Gasteiger partial charge is 0.164 e. The fourth-order valence-corrected chi connectivity index (χ4v) is 10.1. The minimum atomic E-state index is 0.625. The van der Waals surface area contributed by atoms with Crippen molar-refractivity contribution in [1.29, 1.82) is 0 Å². The summed E-state index contributed by atoms with van der Waals surface area (Å²) in [4.78, 5) is 15.5. The van der Waals surface area contributed by atoms with E-state index < -0.39 is 0 Å². The fraction of sp³-hybridized carbons (Fsp3) is 0. The van der Waals surface area contributed by atoms with Gasteiger partial charge in [0.15, 0.2) is 17.5 Å². The Labute approximate surface area is 369 Å². The molecular formula is C59H37N3S. The van der Waals surface area contributed by atoms with E-state index in [4.69, 9.17) is 15.0 Å². The Balaban J connectivity index is 0.932. The average Bonchev–Trinajstić information content (AvgIpc) is 3.75. The van der Waals surface area contributed by atoms with E-state index in [1.807, 2.05) is 17.4 Å². The molecule has 12 rings (SSSR count). The molecule has 10 aromatic carbocycles. The topological polar surface area (TPSA) is 38.7 Å². The number of fused-ring (bicyclic) bond motifs is 5. The molecule has 0 aliphatic rings. The minimum Gasteiger partial charge on any atom is -0.208 e. The molecule has 0 amide bonds. The van der Waals surface area contributed by atoms with Crippen molar-refractivity contribution < 1.29 is 0 Å². The average molecular weight is 820 g/mol. The summed E-state index contributed by atoms with van der Waals surface area (Å²) in [5, 5.41) is 7.47. The predicted octanol–water partition coefficient (Wildman–Crippen LogP) is 16.2. The molecule has 294 valence electrons. The van der Waals surface area contributed by atoms with Gasteiger partial charge in [0.25, 0.3) is 0 Å². The van der Waals surface area contributed by atoms with Crippen molar-refractivity contribution in [2.75, 3.05) is 0 Å². The van der Waals surface area contributed by atoms with Crippen LogP contribution in [0.1, 0.15) is 0 Å². The van der Waals surface area contributed by atoms with Crippen molar-refractivity contribution in [3.05, 3.63) is 224 Å². The molecule has 4 heteroatoms. The molecule has 0 spiro atoms. The molecule has 0 radical (unpaired) electrons. The monoisotopic (exact) mass is 819 g/mol. The Morgan fingerprint density at radius 3 is 1.51 bits per heavy atom. The zero-order chi connectivity index (χ0) is 41.7. The largest absolute Gasteiger partial charge is 0.208 e. The SMILES string of the molecule is c1ccc(-c2ccc(-c3nc(-c4cccc(-c5ccc6cc(-c7cccc8sc9ccccc9c78)ccc6c5)c4)nc(-c4cccc(-c5cccc6ccccc56)c4)n3)cc2)cc1. The minimum absolute atomic E-state index is 0.625. The van der Waals surface area contributed by atoms with Crippen LogP contribution in [-0.4, -0.2) is 15.0 Å². The quantitative estimate of drug-likeness (QED) is 0.161. The summed E-state index contributed by atoms with van der Waals surface area (Å²) in [5.41, 5.74) is 12.1. The van der Waals surface area contributed by atoms with Crippen LogP contribution in [-0.2, 0) is 0 Å². The highest BCUT2D eigenvalue weighted by molar-refractivity contribution is 7.25. The Bertz CT molecular complexity index is 3680. The van der Waals surface area contributed by atoms with Gasteiger partial charge in [0, 0.05) is 36.9 Å². The van der Waals surface area contributed by atoms with Crippen molar-refractivity contribution in [1.82, 2.24) is 15.0 Å². The van der Waals surface area contributed by atoms with E-state index in [2.05, 4.69) is 218 Å². The van der Waals surface area contributed by atoms with Crippen LogP contribution < -0.4 is 0 Å². The van der Waals surface area contributed by atoms with Gasteiger partial charge < -0.3 is 0 Å². The summed E-state index contributed by atoms with van der Waals surface area (Å²) in [6.07, 6.45) is 0. The number of rotatable bonds is 7. The van der Waals surface area contributed by atoms with Crippen LogP contribution in [0.2, 0.25) is 0 Å². The summed E-state index contributed by atoms with van der Waals surface area (Å²) >= 11 is 1.86. The first-order valence-electron chi connectivity index (χ1n) is 21.2. The molecule has 0 aliphatic heterocycles. The number of hydrogen-bond donors (Lipinski definition) is 0. The number of benzene rings is 10. The van der Waals surface area contributed by atoms with Gasteiger partial charge in [0.1, 0.15) is 0 Å². The maximum absolute atomic E-state index is 5.20. The zero-order valence-corrected chi connectivity index (χ0v) is 34.9. The summed E-state index contributed by atoms with van der Waals surface area (Å²) < 4.78 is 2.64. The highest BCUT2D eigenvalue weighted by Crippen LogP contribution is 2.41. The second kappa shape index (κ2) is 15.4. The van der Waals surface area contributed by atoms with Crippen molar-refractivity contribution >= 4 is 53.1 Å². The highest BCUT2D eigenvalue weighted by Gasteiger charge is 2.16. The Kier molecular flexibility index (Phi) is 9.02. The standard InChI is InChI=1S/C59H37N3S/c1-2-12-38(13-3-1)39-26-28-41(29-27-39)57-60-58(62-59(61-57)49-19-9-17-46(37-49)51-22-10-15-40-14-4-5-20-50(40)51)48-18-8-16-42(36-48)43-30-31-45-35-47(33-32-44(45)34-43)52-23-11-25-55-56(52)53-21-6-7-24-54(53)63-55/h1-37H. The van der Waals surface area contributed by atoms with Crippen LogP contribution in [0.4, 0.5) is 0 Å². The van der Waals surface area contributed by atoms with Crippen molar-refractivity contribution in [2.45, 2.75) is 0 Å². The molecule has 63 heavy (non-hydrogen) atoms. The summed E-state index contributed by atoms with van der Waals surface area (Å²) in [5.74, 6) is 1.88. The lowest BCUT2D eigenvalue weighted by molar-refractivity contribution is 1.07. The first-order valence-corrected chi connectivity index (χ1v) is 22.1. The van der Waals surface area contributed by atoms with Crippen LogP contribution in [0.25, 0.3) is 120 Å². The predicted molar refractivity (Wildman–Crippen MR) is 266 cm³/mol. The van der Waals surface area contributed by atoms with E-state index in [9.17, 15) is 0 Å². The molecule has 0 fully saturated rings. The molecule has 0 atom stereocenters. The summed E-state index contributed by atoms with van der Waals surface area (Å²) in [7, 11) is 0. The molecule has 0 bridgehead atoms. The van der Waals surface area contributed by atoms with Gasteiger partial charge >= 0.3 is 0 Å². The third-order valence-electron chi connectivity index (χ3n) is 12.1. The first kappa shape index (κ1) is 36.8. The van der Waals surface area contributed by atoms with Crippen LogP contribution in [0.15, 0.2) is 224 Å². The first-order chi connectivity index (χ1) is 31.2. The number of nitrogens with zero attached hydrogens (tertiary/aromatic N) is 3. The fourth-order valence-electron chi connectivity index (χ4n) is 8.95. The van der Waals surface area contributed by atoms with Gasteiger partial charge in [0.2, 0.25) is 0 Å². The molecule has 0 N–H and O–H groups in total. The van der Waals surface area contributed by atoms with Crippen LogP contribution in [0, 0.1) is 0 Å². The van der Waals surface area contributed by atoms with E-state index >= 15 is 0 Å². The van der Waals surface area contributed by atoms with E-state index in [-0.39, 0.29) is 0 Å². The molecule has 0 aliphatic carbocycles. The molecule has 3 nitrogen and oxygen atoms in total. The lowest BCUT2D eigenvalue weighted by Crippen LogP contribution is -2.00. The van der Waals surface area contributed by atoms with E-state index in [1.54, 1.807) is 0 Å². The lowest BCUT2D eigenvalue weighted by Gasteiger charge is -2.12. The van der Waals surface area contributed by atoms with Gasteiger partial charge in [-0.2, -0.15) is 0 Å². The van der Waals surface area contributed by atoms with Gasteiger partial charge in [-0.25, -0.2) is 15.0 Å². The van der Waals surface area contributed by atoms with Gasteiger partial charge in [0.05, 0.1) is 0 Å². The van der Waals surface area contributed by atoms with Gasteiger partial charge in [-0.15, -0.1) is 11.3 Å². The van der Waals surface area contributed by atoms with Gasteiger partial charge in [-0.1, -0.05) is 188 Å². The summed E-state index contributed by atoms with van der Waals surface area (Å²) in [6.45, 7) is 0. The van der Waals surface area contributed by atoms with E-state index in [0.29, 0.717) is 17.5 Å². The van der Waals surface area contributed by atoms with Gasteiger partial charge in [-0.05, 0) is 102 Å². The van der Waals surface area contributed by atoms with Crippen molar-refractivity contribution in [3.8, 4) is 78.7 Å². The maximum Gasteiger partial charge on any atom is 0.164 e. The molecule has 2 heterocycles. The van der Waals surface area contributed by atoms with Crippen LogP contribution in [0.5, 0.6) is 0 Å². The number of aromatic nitrogens is 3. The van der Waals surface area contributed by atoms with E-state index in [0.717, 1.165) is 38.9 Å². The zero-order valence-electron chi connectivity index (χ0n) is 34.1. The Morgan fingerprint density at radius 2 is 0.714 bits per heavy atom. The van der Waals surface area contributed by atoms with Crippen LogP contribution >= 0.6 is 11.3 Å². The van der Waals surface area contributed by atoms with Crippen LogP contribution in [0.3, 0.4) is 0 Å². The number of hydrogen-bond acceptors (Lipinski definition) is 4. The Morgan fingerprint density at radius 1 is 0.254 bits per heavy atom. The van der Waals surface area contributed by atoms with E-state index in [1.165, 1.54) is 64.0 Å². The molecule has 0 saturated carbocycles. The molecule has 12 aromatic rings. The second-order valence-electron chi connectivity index (χ2n) is 16.0. The molecular weight excluding hydrogens is 783 g/mol. The molecule has 0 saturated heterocycles. The summed E-state index contributed by atoms with van der Waals surface area (Å²) in [6, 6.07) is 80.0. The van der Waals surface area contributed by atoms with Crippen molar-refractivity contribution in [2.24, 2.45) is 0 Å². The Hall–Kier alpha value is -8.05. The third-order valence-corrected chi connectivity index (χ3v) is 13.3. The lowest BCUT2D eigenvalue weighted by atomic mass is 9.95. The third kappa shape index (κ3) is 6.84. The molecule has 2 aromatic heterocycles. The maximum atomic E-state index is 5.20. The number of thiophene rings is 1. The molecule has 0 unspecified atom stereocenters. The highest BCUT2D eigenvalue weighted by atomic mass is 32.1.